The summed E-state index contributed by atoms with van der Waals surface area (Å²) in [4.78, 5) is 44.6. The molecule has 0 aliphatic carbocycles. The normalized spacial score (nSPS) is 10.8. The molecule has 0 fully saturated rings. The molecule has 0 spiro atoms. The molecule has 3 amide bonds. The number of aromatic nitrogens is 1. The van der Waals surface area contributed by atoms with Crippen LogP contribution in [0.25, 0.3) is 0 Å². The summed E-state index contributed by atoms with van der Waals surface area (Å²) in [7, 11) is 0. The molecule has 9 nitrogen and oxygen atoms in total. The van der Waals surface area contributed by atoms with Crippen LogP contribution in [-0.4, -0.2) is 27.0 Å². The van der Waals surface area contributed by atoms with Crippen molar-refractivity contribution in [2.75, 3.05) is 0 Å². The molecule has 2 N–H and O–H groups in total. The van der Waals surface area contributed by atoms with E-state index in [1.165, 1.54) is 0 Å². The van der Waals surface area contributed by atoms with Gasteiger partial charge in [-0.25, -0.2) is 4.79 Å². The van der Waals surface area contributed by atoms with E-state index in [0.29, 0.717) is 0 Å². The van der Waals surface area contributed by atoms with Crippen molar-refractivity contribution in [2.45, 2.75) is 32.9 Å². The standard InChI is InChI=1S/C12H16N4O5/c1-12(2,3)14-11(19)13-9(17)7-15-6-8(16(20)21)4-5-10(15)18/h4-6H,7H2,1-3H3,(H2,13,14,17,19). The largest absolute Gasteiger partial charge is 0.333 e. The number of nitro groups is 1. The fraction of sp³-hybridized carbons (Fsp3) is 0.417. The van der Waals surface area contributed by atoms with Gasteiger partial charge in [0.1, 0.15) is 6.54 Å². The van der Waals surface area contributed by atoms with Crippen molar-refractivity contribution < 1.29 is 14.5 Å². The Hall–Kier alpha value is -2.71. The van der Waals surface area contributed by atoms with E-state index in [4.69, 9.17) is 0 Å². The first kappa shape index (κ1) is 16.3. The van der Waals surface area contributed by atoms with Gasteiger partial charge >= 0.3 is 6.03 Å². The minimum atomic E-state index is -0.751. The van der Waals surface area contributed by atoms with Gasteiger partial charge in [0.15, 0.2) is 0 Å². The van der Waals surface area contributed by atoms with E-state index in [-0.39, 0.29) is 5.69 Å². The molecule has 114 valence electrons. The van der Waals surface area contributed by atoms with Crippen molar-refractivity contribution in [3.05, 3.63) is 38.8 Å². The van der Waals surface area contributed by atoms with Crippen LogP contribution in [0, 0.1) is 10.1 Å². The Labute approximate surface area is 120 Å². The second kappa shape index (κ2) is 6.16. The minimum absolute atomic E-state index is 0.318. The van der Waals surface area contributed by atoms with Crippen LogP contribution in [0.15, 0.2) is 23.1 Å². The second-order valence-corrected chi connectivity index (χ2v) is 5.36. The van der Waals surface area contributed by atoms with Gasteiger partial charge in [-0.1, -0.05) is 0 Å². The quantitative estimate of drug-likeness (QED) is 0.616. The monoisotopic (exact) mass is 296 g/mol. The van der Waals surface area contributed by atoms with Gasteiger partial charge in [0.05, 0.1) is 11.1 Å². The van der Waals surface area contributed by atoms with Gasteiger partial charge in [-0.05, 0) is 20.8 Å². The van der Waals surface area contributed by atoms with Gasteiger partial charge in [0.2, 0.25) is 5.91 Å². The Morgan fingerprint density at radius 3 is 2.48 bits per heavy atom. The molecule has 1 heterocycles. The first-order valence-corrected chi connectivity index (χ1v) is 6.05. The van der Waals surface area contributed by atoms with E-state index in [1.807, 2.05) is 5.32 Å². The first-order valence-electron chi connectivity index (χ1n) is 6.05. The van der Waals surface area contributed by atoms with E-state index in [1.54, 1.807) is 20.8 Å². The first-order chi connectivity index (χ1) is 9.58. The third-order valence-electron chi connectivity index (χ3n) is 2.23. The number of pyridine rings is 1. The zero-order valence-electron chi connectivity index (χ0n) is 11.9. The van der Waals surface area contributed by atoms with Gasteiger partial charge < -0.3 is 5.32 Å². The Balaban J connectivity index is 2.75. The van der Waals surface area contributed by atoms with E-state index in [9.17, 15) is 24.5 Å². The number of hydrogen-bond acceptors (Lipinski definition) is 5. The number of nitrogens with zero attached hydrogens (tertiary/aromatic N) is 2. The molecule has 1 aromatic heterocycles. The second-order valence-electron chi connectivity index (χ2n) is 5.36. The smallest absolute Gasteiger partial charge is 0.321 e. The summed E-state index contributed by atoms with van der Waals surface area (Å²) < 4.78 is 0.859. The molecule has 0 saturated heterocycles. The average Bonchev–Trinajstić information content (AvgIpc) is 2.28. The van der Waals surface area contributed by atoms with Gasteiger partial charge in [-0.3, -0.25) is 29.6 Å². The molecule has 21 heavy (non-hydrogen) atoms. The lowest BCUT2D eigenvalue weighted by molar-refractivity contribution is -0.385. The maximum atomic E-state index is 11.6. The minimum Gasteiger partial charge on any atom is -0.333 e. The highest BCUT2D eigenvalue weighted by atomic mass is 16.6. The van der Waals surface area contributed by atoms with Crippen LogP contribution in [0.4, 0.5) is 10.5 Å². The summed E-state index contributed by atoms with van der Waals surface area (Å²) in [6, 6.07) is 1.33. The third-order valence-corrected chi connectivity index (χ3v) is 2.23. The number of nitrogens with one attached hydrogen (secondary N) is 2. The van der Waals surface area contributed by atoms with Gasteiger partial charge in [0.25, 0.3) is 11.2 Å². The van der Waals surface area contributed by atoms with Gasteiger partial charge in [-0.15, -0.1) is 0 Å². The zero-order valence-corrected chi connectivity index (χ0v) is 11.9. The Morgan fingerprint density at radius 1 is 1.33 bits per heavy atom. The molecule has 0 unspecified atom stereocenters. The molecule has 0 saturated carbocycles. The SMILES string of the molecule is CC(C)(C)NC(=O)NC(=O)Cn1cc([N+](=O)[O-])ccc1=O. The number of hydrogen-bond donors (Lipinski definition) is 2. The molecule has 0 aliphatic heterocycles. The summed E-state index contributed by atoms with van der Waals surface area (Å²) >= 11 is 0. The number of rotatable bonds is 3. The van der Waals surface area contributed by atoms with Gasteiger partial charge in [0, 0.05) is 17.7 Å². The fourth-order valence-electron chi connectivity index (χ4n) is 1.44. The molecular weight excluding hydrogens is 280 g/mol. The summed E-state index contributed by atoms with van der Waals surface area (Å²) in [5.41, 5.74) is -1.42. The number of carbonyl (C=O) groups is 2. The van der Waals surface area contributed by atoms with Crippen molar-refractivity contribution in [1.29, 1.82) is 0 Å². The molecular formula is C12H16N4O5. The summed E-state index contributed by atoms with van der Waals surface area (Å²) in [5, 5.41) is 15.2. The number of amides is 3. The molecule has 1 aromatic rings. The number of imide groups is 1. The highest BCUT2D eigenvalue weighted by Crippen LogP contribution is 2.06. The lowest BCUT2D eigenvalue weighted by Crippen LogP contribution is -2.49. The molecule has 0 bridgehead atoms. The zero-order chi connectivity index (χ0) is 16.2. The molecule has 0 atom stereocenters. The van der Waals surface area contributed by atoms with E-state index >= 15 is 0 Å². The van der Waals surface area contributed by atoms with Crippen LogP contribution in [0.1, 0.15) is 20.8 Å². The van der Waals surface area contributed by atoms with E-state index < -0.39 is 34.5 Å². The maximum Gasteiger partial charge on any atom is 0.321 e. The van der Waals surface area contributed by atoms with E-state index in [0.717, 1.165) is 22.9 Å². The molecule has 1 rings (SSSR count). The van der Waals surface area contributed by atoms with Crippen LogP contribution in [-0.2, 0) is 11.3 Å². The Morgan fingerprint density at radius 2 is 1.95 bits per heavy atom. The number of urea groups is 1. The van der Waals surface area contributed by atoms with Crippen molar-refractivity contribution >= 4 is 17.6 Å². The summed E-state index contributed by atoms with van der Waals surface area (Å²) in [6.45, 7) is 4.73. The maximum absolute atomic E-state index is 11.6. The lowest BCUT2D eigenvalue weighted by Gasteiger charge is -2.20. The van der Waals surface area contributed by atoms with Crippen molar-refractivity contribution in [2.24, 2.45) is 0 Å². The lowest BCUT2D eigenvalue weighted by atomic mass is 10.1. The molecule has 0 aliphatic rings. The highest BCUT2D eigenvalue weighted by Gasteiger charge is 2.16. The predicted octanol–water partition coefficient (Wildman–Crippen LogP) is 0.381. The summed E-state index contributed by atoms with van der Waals surface area (Å²) in [5.74, 6) is -0.751. The fourth-order valence-corrected chi connectivity index (χ4v) is 1.44. The molecule has 9 heteroatoms. The van der Waals surface area contributed by atoms with Crippen LogP contribution >= 0.6 is 0 Å². The Kier molecular flexibility index (Phi) is 4.79. The van der Waals surface area contributed by atoms with Crippen LogP contribution in [0.2, 0.25) is 0 Å². The number of carbonyl (C=O) groups excluding carboxylic acids is 2. The average molecular weight is 296 g/mol. The molecule has 0 radical (unpaired) electrons. The Bertz CT molecular complexity index is 629. The highest BCUT2D eigenvalue weighted by molar-refractivity contribution is 5.94. The van der Waals surface area contributed by atoms with Gasteiger partial charge in [-0.2, -0.15) is 0 Å². The van der Waals surface area contributed by atoms with Crippen LogP contribution in [0.3, 0.4) is 0 Å². The van der Waals surface area contributed by atoms with Crippen molar-refractivity contribution in [3.63, 3.8) is 0 Å². The third kappa shape index (κ3) is 5.43. The van der Waals surface area contributed by atoms with Crippen molar-refractivity contribution in [1.82, 2.24) is 15.2 Å². The summed E-state index contributed by atoms with van der Waals surface area (Å²) in [6.07, 6.45) is 0.948. The van der Waals surface area contributed by atoms with Crippen LogP contribution < -0.4 is 16.2 Å². The topological polar surface area (TPSA) is 123 Å². The van der Waals surface area contributed by atoms with Crippen LogP contribution in [0.5, 0.6) is 0 Å². The van der Waals surface area contributed by atoms with E-state index in [2.05, 4.69) is 5.32 Å². The predicted molar refractivity (Wildman–Crippen MR) is 73.8 cm³/mol. The molecule has 0 aromatic carbocycles. The van der Waals surface area contributed by atoms with Crippen molar-refractivity contribution in [3.8, 4) is 0 Å².